The Morgan fingerprint density at radius 3 is 2.87 bits per heavy atom. The Labute approximate surface area is 93.4 Å². The van der Waals surface area contributed by atoms with Gasteiger partial charge in [-0.15, -0.1) is 0 Å². The van der Waals surface area contributed by atoms with Crippen LogP contribution in [-0.2, 0) is 0 Å². The molecular weight excluding hydrogens is 214 g/mol. The van der Waals surface area contributed by atoms with Gasteiger partial charge in [0.05, 0.1) is 17.7 Å². The molecule has 0 spiro atoms. The number of amides is 1. The molecule has 80 valence electrons. The van der Waals surface area contributed by atoms with Crippen LogP contribution in [0.15, 0.2) is 18.2 Å². The van der Waals surface area contributed by atoms with E-state index in [2.05, 4.69) is 5.32 Å². The average Bonchev–Trinajstić information content (AvgIpc) is 3.02. The minimum Gasteiger partial charge on any atom is -0.497 e. The molecule has 1 saturated carbocycles. The molecule has 4 heteroatoms. The van der Waals surface area contributed by atoms with E-state index in [4.69, 9.17) is 16.3 Å². The molecule has 1 fully saturated rings. The van der Waals surface area contributed by atoms with E-state index in [1.54, 1.807) is 25.3 Å². The van der Waals surface area contributed by atoms with Gasteiger partial charge in [-0.2, -0.15) is 0 Å². The Balaban J connectivity index is 2.20. The summed E-state index contributed by atoms with van der Waals surface area (Å²) < 4.78 is 5.04. The molecule has 0 saturated heterocycles. The largest absolute Gasteiger partial charge is 0.497 e. The molecule has 0 atom stereocenters. The molecular formula is C11H12ClNO2. The van der Waals surface area contributed by atoms with Crippen LogP contribution in [-0.4, -0.2) is 19.1 Å². The topological polar surface area (TPSA) is 38.3 Å². The number of carbonyl (C=O) groups is 1. The van der Waals surface area contributed by atoms with Gasteiger partial charge >= 0.3 is 0 Å². The molecule has 2 rings (SSSR count). The maximum atomic E-state index is 11.7. The van der Waals surface area contributed by atoms with E-state index in [-0.39, 0.29) is 5.91 Å². The first kappa shape index (κ1) is 10.3. The van der Waals surface area contributed by atoms with Crippen molar-refractivity contribution in [3.63, 3.8) is 0 Å². The molecule has 1 aliphatic carbocycles. The third-order valence-corrected chi connectivity index (χ3v) is 2.66. The number of hydrogen-bond donors (Lipinski definition) is 1. The number of halogens is 1. The van der Waals surface area contributed by atoms with Gasteiger partial charge in [0.15, 0.2) is 0 Å². The summed E-state index contributed by atoms with van der Waals surface area (Å²) in [6.07, 6.45) is 2.13. The first-order valence-electron chi connectivity index (χ1n) is 4.85. The van der Waals surface area contributed by atoms with E-state index in [0.29, 0.717) is 22.4 Å². The van der Waals surface area contributed by atoms with Crippen LogP contribution < -0.4 is 10.1 Å². The summed E-state index contributed by atoms with van der Waals surface area (Å²) in [6.45, 7) is 0. The van der Waals surface area contributed by atoms with Crippen molar-refractivity contribution in [2.75, 3.05) is 7.11 Å². The first-order chi connectivity index (χ1) is 7.20. The van der Waals surface area contributed by atoms with E-state index in [9.17, 15) is 4.79 Å². The molecule has 0 aromatic heterocycles. The van der Waals surface area contributed by atoms with Gasteiger partial charge in [0.2, 0.25) is 0 Å². The number of methoxy groups -OCH3 is 1. The molecule has 1 aromatic carbocycles. The summed E-state index contributed by atoms with van der Waals surface area (Å²) >= 11 is 5.94. The standard InChI is InChI=1S/C11H12ClNO2/c1-15-8-4-5-10(12)9(6-8)11(14)13-7-2-3-7/h4-7H,2-3H2,1H3,(H,13,14). The fourth-order valence-electron chi connectivity index (χ4n) is 1.30. The van der Waals surface area contributed by atoms with E-state index in [1.165, 1.54) is 0 Å². The van der Waals surface area contributed by atoms with E-state index >= 15 is 0 Å². The number of rotatable bonds is 3. The Morgan fingerprint density at radius 1 is 1.53 bits per heavy atom. The highest BCUT2D eigenvalue weighted by Gasteiger charge is 2.24. The summed E-state index contributed by atoms with van der Waals surface area (Å²) in [6, 6.07) is 5.39. The van der Waals surface area contributed by atoms with Crippen LogP contribution in [0.1, 0.15) is 23.2 Å². The van der Waals surface area contributed by atoms with Crippen molar-refractivity contribution in [2.45, 2.75) is 18.9 Å². The molecule has 0 heterocycles. The van der Waals surface area contributed by atoms with Crippen molar-refractivity contribution in [3.05, 3.63) is 28.8 Å². The molecule has 0 radical (unpaired) electrons. The van der Waals surface area contributed by atoms with Gasteiger partial charge in [0, 0.05) is 6.04 Å². The Bertz CT molecular complexity index is 388. The molecule has 0 unspecified atom stereocenters. The number of carbonyl (C=O) groups excluding carboxylic acids is 1. The lowest BCUT2D eigenvalue weighted by Gasteiger charge is -2.07. The quantitative estimate of drug-likeness (QED) is 0.857. The fraction of sp³-hybridized carbons (Fsp3) is 0.364. The number of hydrogen-bond acceptors (Lipinski definition) is 2. The van der Waals surface area contributed by atoms with Crippen LogP contribution in [0.2, 0.25) is 5.02 Å². The number of ether oxygens (including phenoxy) is 1. The van der Waals surface area contributed by atoms with Crippen LogP contribution in [0.4, 0.5) is 0 Å². The van der Waals surface area contributed by atoms with Gasteiger partial charge in [-0.1, -0.05) is 11.6 Å². The van der Waals surface area contributed by atoms with E-state index in [1.807, 2.05) is 0 Å². The van der Waals surface area contributed by atoms with Gasteiger partial charge in [-0.05, 0) is 31.0 Å². The lowest BCUT2D eigenvalue weighted by atomic mass is 10.2. The second-order valence-corrected chi connectivity index (χ2v) is 4.00. The van der Waals surface area contributed by atoms with Gasteiger partial charge in [-0.25, -0.2) is 0 Å². The van der Waals surface area contributed by atoms with Crippen molar-refractivity contribution in [3.8, 4) is 5.75 Å². The molecule has 1 N–H and O–H groups in total. The van der Waals surface area contributed by atoms with Crippen molar-refractivity contribution in [1.82, 2.24) is 5.32 Å². The molecule has 3 nitrogen and oxygen atoms in total. The number of nitrogens with one attached hydrogen (secondary N) is 1. The predicted molar refractivity (Wildman–Crippen MR) is 58.5 cm³/mol. The maximum absolute atomic E-state index is 11.7. The molecule has 0 bridgehead atoms. The first-order valence-corrected chi connectivity index (χ1v) is 5.23. The summed E-state index contributed by atoms with van der Waals surface area (Å²) in [7, 11) is 1.56. The normalized spacial score (nSPS) is 14.8. The lowest BCUT2D eigenvalue weighted by Crippen LogP contribution is -2.25. The monoisotopic (exact) mass is 225 g/mol. The Hall–Kier alpha value is -1.22. The molecule has 15 heavy (non-hydrogen) atoms. The maximum Gasteiger partial charge on any atom is 0.253 e. The van der Waals surface area contributed by atoms with Crippen LogP contribution >= 0.6 is 11.6 Å². The fourth-order valence-corrected chi connectivity index (χ4v) is 1.50. The van der Waals surface area contributed by atoms with Gasteiger partial charge < -0.3 is 10.1 Å². The highest BCUT2D eigenvalue weighted by molar-refractivity contribution is 6.33. The second kappa shape index (κ2) is 4.11. The van der Waals surface area contributed by atoms with Crippen molar-refractivity contribution in [2.24, 2.45) is 0 Å². The molecule has 0 aliphatic heterocycles. The van der Waals surface area contributed by atoms with Crippen molar-refractivity contribution in [1.29, 1.82) is 0 Å². The lowest BCUT2D eigenvalue weighted by molar-refractivity contribution is 0.0951. The zero-order chi connectivity index (χ0) is 10.8. The second-order valence-electron chi connectivity index (χ2n) is 3.59. The summed E-state index contributed by atoms with van der Waals surface area (Å²) in [4.78, 5) is 11.7. The van der Waals surface area contributed by atoms with Gasteiger partial charge in [0.25, 0.3) is 5.91 Å². The molecule has 1 aliphatic rings. The zero-order valence-corrected chi connectivity index (χ0v) is 9.17. The van der Waals surface area contributed by atoms with Crippen LogP contribution in [0.5, 0.6) is 5.75 Å². The minimum atomic E-state index is -0.124. The van der Waals surface area contributed by atoms with Gasteiger partial charge in [0.1, 0.15) is 5.75 Å². The Morgan fingerprint density at radius 2 is 2.27 bits per heavy atom. The SMILES string of the molecule is COc1ccc(Cl)c(C(=O)NC2CC2)c1. The Kier molecular flexibility index (Phi) is 2.82. The highest BCUT2D eigenvalue weighted by Crippen LogP contribution is 2.24. The summed E-state index contributed by atoms with van der Waals surface area (Å²) in [5.74, 6) is 0.516. The number of benzene rings is 1. The van der Waals surface area contributed by atoms with Crippen LogP contribution in [0.25, 0.3) is 0 Å². The van der Waals surface area contributed by atoms with Crippen molar-refractivity contribution >= 4 is 17.5 Å². The average molecular weight is 226 g/mol. The summed E-state index contributed by atoms with van der Waals surface area (Å²) in [5.41, 5.74) is 0.475. The van der Waals surface area contributed by atoms with E-state index < -0.39 is 0 Å². The summed E-state index contributed by atoms with van der Waals surface area (Å²) in [5, 5.41) is 3.34. The third-order valence-electron chi connectivity index (χ3n) is 2.33. The predicted octanol–water partition coefficient (Wildman–Crippen LogP) is 2.24. The smallest absolute Gasteiger partial charge is 0.253 e. The van der Waals surface area contributed by atoms with E-state index in [0.717, 1.165) is 12.8 Å². The van der Waals surface area contributed by atoms with Crippen molar-refractivity contribution < 1.29 is 9.53 Å². The third kappa shape index (κ3) is 2.42. The zero-order valence-electron chi connectivity index (χ0n) is 8.42. The molecule has 1 amide bonds. The van der Waals surface area contributed by atoms with Gasteiger partial charge in [-0.3, -0.25) is 4.79 Å². The molecule has 1 aromatic rings. The highest BCUT2D eigenvalue weighted by atomic mass is 35.5. The minimum absolute atomic E-state index is 0.124. The van der Waals surface area contributed by atoms with Crippen LogP contribution in [0, 0.1) is 0 Å². The van der Waals surface area contributed by atoms with Crippen LogP contribution in [0.3, 0.4) is 0 Å².